The lowest BCUT2D eigenvalue weighted by atomic mass is 10.0. The lowest BCUT2D eigenvalue weighted by Gasteiger charge is -2.21. The molecule has 0 aliphatic carbocycles. The highest BCUT2D eigenvalue weighted by molar-refractivity contribution is 6.30. The molecule has 0 radical (unpaired) electrons. The SMILES string of the molecule is CCC(CC)CNC(CN)c1ccc(Cl)c(F)c1. The summed E-state index contributed by atoms with van der Waals surface area (Å²) in [4.78, 5) is 0. The Kier molecular flexibility index (Phi) is 6.61. The van der Waals surface area contributed by atoms with E-state index in [0.717, 1.165) is 24.9 Å². The topological polar surface area (TPSA) is 38.0 Å². The molecule has 3 N–H and O–H groups in total. The number of hydrogen-bond acceptors (Lipinski definition) is 2. The Morgan fingerprint density at radius 1 is 1.33 bits per heavy atom. The van der Waals surface area contributed by atoms with E-state index in [2.05, 4.69) is 19.2 Å². The van der Waals surface area contributed by atoms with Crippen LogP contribution in [0, 0.1) is 11.7 Å². The molecule has 0 aliphatic heterocycles. The van der Waals surface area contributed by atoms with Gasteiger partial charge in [0.15, 0.2) is 0 Å². The van der Waals surface area contributed by atoms with Gasteiger partial charge in [-0.3, -0.25) is 0 Å². The zero-order valence-electron chi connectivity index (χ0n) is 11.0. The van der Waals surface area contributed by atoms with Gasteiger partial charge in [0, 0.05) is 12.6 Å². The molecule has 0 heterocycles. The van der Waals surface area contributed by atoms with Crippen LogP contribution in [0.4, 0.5) is 4.39 Å². The van der Waals surface area contributed by atoms with Crippen molar-refractivity contribution in [2.24, 2.45) is 11.7 Å². The maximum absolute atomic E-state index is 13.4. The van der Waals surface area contributed by atoms with Crippen molar-refractivity contribution in [3.63, 3.8) is 0 Å². The number of rotatable bonds is 7. The summed E-state index contributed by atoms with van der Waals surface area (Å²) in [6.07, 6.45) is 2.27. The fourth-order valence-electron chi connectivity index (χ4n) is 1.95. The summed E-state index contributed by atoms with van der Waals surface area (Å²) in [5.74, 6) is 0.244. The minimum Gasteiger partial charge on any atom is -0.329 e. The van der Waals surface area contributed by atoms with Gasteiger partial charge in [-0.05, 0) is 30.2 Å². The molecule has 0 saturated carbocycles. The smallest absolute Gasteiger partial charge is 0.142 e. The van der Waals surface area contributed by atoms with Crippen molar-refractivity contribution in [2.45, 2.75) is 32.7 Å². The normalized spacial score (nSPS) is 13.0. The second kappa shape index (κ2) is 7.72. The Bertz CT molecular complexity index is 367. The fraction of sp³-hybridized carbons (Fsp3) is 0.571. The van der Waals surface area contributed by atoms with Gasteiger partial charge in [-0.25, -0.2) is 4.39 Å². The number of benzene rings is 1. The van der Waals surface area contributed by atoms with E-state index in [-0.39, 0.29) is 11.1 Å². The van der Waals surface area contributed by atoms with Crippen LogP contribution in [0.25, 0.3) is 0 Å². The zero-order chi connectivity index (χ0) is 13.5. The highest BCUT2D eigenvalue weighted by Gasteiger charge is 2.13. The summed E-state index contributed by atoms with van der Waals surface area (Å²) in [6, 6.07) is 4.84. The van der Waals surface area contributed by atoms with Gasteiger partial charge in [0.2, 0.25) is 0 Å². The van der Waals surface area contributed by atoms with E-state index in [1.54, 1.807) is 6.07 Å². The Labute approximate surface area is 114 Å². The van der Waals surface area contributed by atoms with Crippen LogP contribution in [0.2, 0.25) is 5.02 Å². The summed E-state index contributed by atoms with van der Waals surface area (Å²) in [7, 11) is 0. The lowest BCUT2D eigenvalue weighted by Crippen LogP contribution is -2.32. The van der Waals surface area contributed by atoms with Crippen LogP contribution in [0.15, 0.2) is 18.2 Å². The third-order valence-electron chi connectivity index (χ3n) is 3.39. The van der Waals surface area contributed by atoms with Crippen molar-refractivity contribution < 1.29 is 4.39 Å². The molecule has 1 rings (SSSR count). The maximum Gasteiger partial charge on any atom is 0.142 e. The van der Waals surface area contributed by atoms with Crippen molar-refractivity contribution in [3.05, 3.63) is 34.6 Å². The van der Waals surface area contributed by atoms with Gasteiger partial charge in [-0.1, -0.05) is 44.4 Å². The van der Waals surface area contributed by atoms with E-state index in [1.807, 2.05) is 6.07 Å². The number of nitrogens with two attached hydrogens (primary N) is 1. The zero-order valence-corrected chi connectivity index (χ0v) is 11.8. The van der Waals surface area contributed by atoms with E-state index < -0.39 is 5.82 Å². The van der Waals surface area contributed by atoms with Crippen LogP contribution in [0.5, 0.6) is 0 Å². The van der Waals surface area contributed by atoms with Crippen molar-refractivity contribution in [1.29, 1.82) is 0 Å². The van der Waals surface area contributed by atoms with E-state index in [4.69, 9.17) is 17.3 Å². The first-order valence-corrected chi connectivity index (χ1v) is 6.88. The molecular formula is C14H22ClFN2. The van der Waals surface area contributed by atoms with Crippen LogP contribution in [0.3, 0.4) is 0 Å². The molecule has 0 fully saturated rings. The lowest BCUT2D eigenvalue weighted by molar-refractivity contribution is 0.413. The second-order valence-corrected chi connectivity index (χ2v) is 4.96. The number of nitrogens with one attached hydrogen (secondary N) is 1. The van der Waals surface area contributed by atoms with Crippen molar-refractivity contribution in [2.75, 3.05) is 13.1 Å². The average molecular weight is 273 g/mol. The van der Waals surface area contributed by atoms with E-state index in [1.165, 1.54) is 6.07 Å². The molecule has 1 unspecified atom stereocenters. The maximum atomic E-state index is 13.4. The van der Waals surface area contributed by atoms with Crippen molar-refractivity contribution in [3.8, 4) is 0 Å². The van der Waals surface area contributed by atoms with Crippen LogP contribution in [-0.2, 0) is 0 Å². The third kappa shape index (κ3) is 4.23. The summed E-state index contributed by atoms with van der Waals surface area (Å²) >= 11 is 5.67. The molecule has 0 aromatic heterocycles. The van der Waals surface area contributed by atoms with Crippen molar-refractivity contribution >= 4 is 11.6 Å². The predicted octanol–water partition coefficient (Wildman–Crippen LogP) is 3.50. The summed E-state index contributed by atoms with van der Waals surface area (Å²) in [5, 5.41) is 3.55. The summed E-state index contributed by atoms with van der Waals surface area (Å²) in [6.45, 7) is 5.70. The number of halogens is 2. The molecule has 1 aromatic rings. The van der Waals surface area contributed by atoms with Gasteiger partial charge >= 0.3 is 0 Å². The number of hydrogen-bond donors (Lipinski definition) is 2. The van der Waals surface area contributed by atoms with E-state index in [9.17, 15) is 4.39 Å². The molecule has 4 heteroatoms. The van der Waals surface area contributed by atoms with Gasteiger partial charge in [0.05, 0.1) is 5.02 Å². The summed E-state index contributed by atoms with van der Waals surface area (Å²) in [5.41, 5.74) is 6.60. The molecule has 0 bridgehead atoms. The molecule has 0 aliphatic rings. The Hall–Kier alpha value is -0.640. The molecule has 0 amide bonds. The Balaban J connectivity index is 2.67. The van der Waals surface area contributed by atoms with Crippen LogP contribution >= 0.6 is 11.6 Å². The molecule has 1 atom stereocenters. The first kappa shape index (κ1) is 15.4. The first-order valence-electron chi connectivity index (χ1n) is 6.50. The monoisotopic (exact) mass is 272 g/mol. The minimum absolute atomic E-state index is 0.0163. The standard InChI is InChI=1S/C14H22ClFN2/c1-3-10(4-2)9-18-14(8-17)11-5-6-12(15)13(16)7-11/h5-7,10,14,18H,3-4,8-9,17H2,1-2H3. The molecule has 0 spiro atoms. The highest BCUT2D eigenvalue weighted by Crippen LogP contribution is 2.20. The molecule has 1 aromatic carbocycles. The fourth-order valence-corrected chi connectivity index (χ4v) is 2.07. The first-order chi connectivity index (χ1) is 8.62. The molecular weight excluding hydrogens is 251 g/mol. The Morgan fingerprint density at radius 2 is 2.00 bits per heavy atom. The third-order valence-corrected chi connectivity index (χ3v) is 3.70. The quantitative estimate of drug-likeness (QED) is 0.797. The van der Waals surface area contributed by atoms with Crippen LogP contribution < -0.4 is 11.1 Å². The summed E-state index contributed by atoms with van der Waals surface area (Å²) < 4.78 is 13.4. The molecule has 102 valence electrons. The van der Waals surface area contributed by atoms with Gasteiger partial charge in [0.1, 0.15) is 5.82 Å². The van der Waals surface area contributed by atoms with Gasteiger partial charge in [-0.15, -0.1) is 0 Å². The Morgan fingerprint density at radius 3 is 2.50 bits per heavy atom. The largest absolute Gasteiger partial charge is 0.329 e. The van der Waals surface area contributed by atoms with Gasteiger partial charge in [-0.2, -0.15) is 0 Å². The van der Waals surface area contributed by atoms with Crippen LogP contribution in [0.1, 0.15) is 38.3 Å². The van der Waals surface area contributed by atoms with Gasteiger partial charge in [0.25, 0.3) is 0 Å². The average Bonchev–Trinajstić information content (AvgIpc) is 2.38. The molecule has 0 saturated heterocycles. The van der Waals surface area contributed by atoms with Gasteiger partial charge < -0.3 is 11.1 Å². The second-order valence-electron chi connectivity index (χ2n) is 4.55. The molecule has 18 heavy (non-hydrogen) atoms. The van der Waals surface area contributed by atoms with E-state index >= 15 is 0 Å². The predicted molar refractivity (Wildman–Crippen MR) is 75.3 cm³/mol. The molecule has 2 nitrogen and oxygen atoms in total. The van der Waals surface area contributed by atoms with Crippen molar-refractivity contribution in [1.82, 2.24) is 5.32 Å². The highest BCUT2D eigenvalue weighted by atomic mass is 35.5. The minimum atomic E-state index is -0.392. The van der Waals surface area contributed by atoms with E-state index in [0.29, 0.717) is 12.5 Å². The van der Waals surface area contributed by atoms with Crippen LogP contribution in [-0.4, -0.2) is 13.1 Å².